The van der Waals surface area contributed by atoms with Gasteiger partial charge in [-0.3, -0.25) is 0 Å². The molecule has 0 saturated heterocycles. The van der Waals surface area contributed by atoms with Crippen molar-refractivity contribution in [1.29, 1.82) is 0 Å². The summed E-state index contributed by atoms with van der Waals surface area (Å²) < 4.78 is 19.2. The summed E-state index contributed by atoms with van der Waals surface area (Å²) in [5, 5.41) is 0. The van der Waals surface area contributed by atoms with E-state index >= 15 is 0 Å². The van der Waals surface area contributed by atoms with Crippen molar-refractivity contribution in [2.75, 3.05) is 0 Å². The molecule has 55 valence electrons. The quantitative estimate of drug-likeness (QED) is 0.498. The minimum atomic E-state index is -1.84. The Kier molecular flexibility index (Phi) is 4.70. The van der Waals surface area contributed by atoms with Gasteiger partial charge in [-0.25, -0.2) is 4.21 Å². The largest absolute Gasteiger partial charge is 0.302 e. The molecule has 1 N–H and O–H groups in total. The van der Waals surface area contributed by atoms with Crippen molar-refractivity contribution in [1.82, 2.24) is 0 Å². The van der Waals surface area contributed by atoms with Gasteiger partial charge in [0.2, 0.25) is 0 Å². The van der Waals surface area contributed by atoms with Crippen LogP contribution in [0.15, 0.2) is 29.2 Å². The fraction of sp³-hybridized carbons (Fsp3) is 0.143. The summed E-state index contributed by atoms with van der Waals surface area (Å²) in [7, 11) is 0. The van der Waals surface area contributed by atoms with Crippen LogP contribution < -0.4 is 0 Å². The van der Waals surface area contributed by atoms with Gasteiger partial charge in [0.15, 0.2) is 11.1 Å². The summed E-state index contributed by atoms with van der Waals surface area (Å²) in [5.41, 5.74) is 0.850. The van der Waals surface area contributed by atoms with Gasteiger partial charge in [-0.2, -0.15) is 0 Å². The van der Waals surface area contributed by atoms with E-state index in [1.54, 1.807) is 12.1 Å². The third-order valence-electron chi connectivity index (χ3n) is 1.28. The molecule has 0 spiro atoms. The Hall–Kier alpha value is -0.0726. The molecule has 1 unspecified atom stereocenters. The first-order valence-electron chi connectivity index (χ1n) is 2.88. The van der Waals surface area contributed by atoms with Crippen LogP contribution >= 0.6 is 0 Å². The normalized spacial score (nSPS) is 11.8. The van der Waals surface area contributed by atoms with Gasteiger partial charge in [-0.15, -0.1) is 0 Å². The summed E-state index contributed by atoms with van der Waals surface area (Å²) in [6.45, 7) is 1.81. The maximum atomic E-state index is 10.5. The van der Waals surface area contributed by atoms with E-state index in [4.69, 9.17) is 4.55 Å². The van der Waals surface area contributed by atoms with E-state index in [0.717, 1.165) is 5.56 Å². The van der Waals surface area contributed by atoms with E-state index < -0.39 is 11.1 Å². The van der Waals surface area contributed by atoms with Crippen LogP contribution in [0.4, 0.5) is 0 Å². The fourth-order valence-corrected chi connectivity index (χ4v) is 1.29. The molecule has 0 aliphatic rings. The molecule has 1 aromatic rings. The van der Waals surface area contributed by atoms with E-state index in [0.29, 0.717) is 4.90 Å². The van der Waals surface area contributed by atoms with Crippen LogP contribution in [0.2, 0.25) is 0 Å². The van der Waals surface area contributed by atoms with Crippen molar-refractivity contribution in [3.63, 3.8) is 0 Å². The Labute approximate surface area is 80.5 Å². The van der Waals surface area contributed by atoms with E-state index in [-0.39, 0.29) is 18.9 Å². The maximum Gasteiger partial charge on any atom is 0.186 e. The van der Waals surface area contributed by atoms with Crippen LogP contribution in [0.3, 0.4) is 0 Å². The smallest absolute Gasteiger partial charge is 0.186 e. The molecule has 0 aromatic heterocycles. The molecule has 2 nitrogen and oxygen atoms in total. The number of rotatable bonds is 1. The molecule has 0 aliphatic carbocycles. The third kappa shape index (κ3) is 2.80. The van der Waals surface area contributed by atoms with Crippen LogP contribution in [0.25, 0.3) is 0 Å². The summed E-state index contributed by atoms with van der Waals surface area (Å²) in [4.78, 5) is 0.488. The predicted molar refractivity (Wildman–Crippen MR) is 46.0 cm³/mol. The Morgan fingerprint density at radius 3 is 2.27 bits per heavy atom. The number of hydrogen-bond donors (Lipinski definition) is 1. The second-order valence-corrected chi connectivity index (χ2v) is 2.95. The van der Waals surface area contributed by atoms with Crippen molar-refractivity contribution in [3.05, 3.63) is 29.8 Å². The van der Waals surface area contributed by atoms with Crippen LogP contribution in [0.1, 0.15) is 5.56 Å². The first kappa shape index (κ1) is 10.9. The SMILES string of the molecule is Cc1ccccc1S(=O)O.[Li]. The maximum absolute atomic E-state index is 10.5. The molecular formula is C7H8LiO2S. The van der Waals surface area contributed by atoms with E-state index in [1.807, 2.05) is 19.1 Å². The summed E-state index contributed by atoms with van der Waals surface area (Å²) >= 11 is -1.84. The molecule has 1 radical (unpaired) electrons. The number of benzene rings is 1. The van der Waals surface area contributed by atoms with Gasteiger partial charge >= 0.3 is 0 Å². The summed E-state index contributed by atoms with van der Waals surface area (Å²) in [5.74, 6) is 0. The Morgan fingerprint density at radius 1 is 1.36 bits per heavy atom. The van der Waals surface area contributed by atoms with Gasteiger partial charge < -0.3 is 4.55 Å². The molecule has 1 atom stereocenters. The van der Waals surface area contributed by atoms with Gasteiger partial charge in [0.05, 0.1) is 4.90 Å². The van der Waals surface area contributed by atoms with E-state index in [2.05, 4.69) is 0 Å². The molecule has 1 rings (SSSR count). The summed E-state index contributed by atoms with van der Waals surface area (Å²) in [6, 6.07) is 7.04. The van der Waals surface area contributed by atoms with Crippen molar-refractivity contribution in [2.24, 2.45) is 0 Å². The average molecular weight is 163 g/mol. The van der Waals surface area contributed by atoms with Gasteiger partial charge in [-0.05, 0) is 18.6 Å². The zero-order valence-electron chi connectivity index (χ0n) is 6.57. The van der Waals surface area contributed by atoms with Crippen molar-refractivity contribution in [3.8, 4) is 0 Å². The third-order valence-corrected chi connectivity index (χ3v) is 2.12. The average Bonchev–Trinajstić information content (AvgIpc) is 1.88. The molecule has 0 bridgehead atoms. The molecule has 4 heteroatoms. The minimum Gasteiger partial charge on any atom is -0.302 e. The standard InChI is InChI=1S/C7H8O2S.Li/c1-6-4-2-3-5-7(6)10(8)9;/h2-5H,1H3,(H,8,9);. The molecule has 0 fully saturated rings. The number of aryl methyl sites for hydroxylation is 1. The van der Waals surface area contributed by atoms with Gasteiger partial charge in [0, 0.05) is 18.9 Å². The van der Waals surface area contributed by atoms with Crippen LogP contribution in [0, 0.1) is 6.92 Å². The molecule has 0 aliphatic heterocycles. The molecular weight excluding hydrogens is 155 g/mol. The Balaban J connectivity index is 0.000001000. The van der Waals surface area contributed by atoms with Gasteiger partial charge in [0.25, 0.3) is 0 Å². The second-order valence-electron chi connectivity index (χ2n) is 2.01. The Morgan fingerprint density at radius 2 is 1.91 bits per heavy atom. The number of hydrogen-bond acceptors (Lipinski definition) is 1. The van der Waals surface area contributed by atoms with Crippen LogP contribution in [-0.2, 0) is 11.1 Å². The van der Waals surface area contributed by atoms with Crippen molar-refractivity contribution >= 4 is 29.9 Å². The first-order valence-corrected chi connectivity index (χ1v) is 3.99. The zero-order chi connectivity index (χ0) is 7.56. The van der Waals surface area contributed by atoms with Crippen molar-refractivity contribution < 1.29 is 8.76 Å². The Bertz CT molecular complexity index is 262. The fourth-order valence-electron chi connectivity index (χ4n) is 0.752. The van der Waals surface area contributed by atoms with Gasteiger partial charge in [0.1, 0.15) is 0 Å². The summed E-state index contributed by atoms with van der Waals surface area (Å²) in [6.07, 6.45) is 0. The minimum absolute atomic E-state index is 0. The van der Waals surface area contributed by atoms with E-state index in [1.165, 1.54) is 0 Å². The topological polar surface area (TPSA) is 37.3 Å². The molecule has 0 heterocycles. The zero-order valence-corrected chi connectivity index (χ0v) is 7.39. The first-order chi connectivity index (χ1) is 4.72. The molecule has 11 heavy (non-hydrogen) atoms. The van der Waals surface area contributed by atoms with Gasteiger partial charge in [-0.1, -0.05) is 18.2 Å². The predicted octanol–water partition coefficient (Wildman–Crippen LogP) is 1.19. The molecule has 0 saturated carbocycles. The molecule has 1 aromatic carbocycles. The van der Waals surface area contributed by atoms with Crippen molar-refractivity contribution in [2.45, 2.75) is 11.8 Å². The second kappa shape index (κ2) is 4.73. The van der Waals surface area contributed by atoms with Crippen LogP contribution in [-0.4, -0.2) is 27.6 Å². The molecule has 0 amide bonds. The monoisotopic (exact) mass is 163 g/mol. The van der Waals surface area contributed by atoms with Crippen LogP contribution in [0.5, 0.6) is 0 Å². The van der Waals surface area contributed by atoms with E-state index in [9.17, 15) is 4.21 Å².